The molecule has 0 bridgehead atoms. The highest BCUT2D eigenvalue weighted by Crippen LogP contribution is 2.25. The van der Waals surface area contributed by atoms with Crippen LogP contribution in [0.25, 0.3) is 0 Å². The number of nitrogens with zero attached hydrogens (tertiary/aromatic N) is 2. The summed E-state index contributed by atoms with van der Waals surface area (Å²) in [6.45, 7) is 9.88. The first-order chi connectivity index (χ1) is 8.63. The highest BCUT2D eigenvalue weighted by atomic mass is 16.5. The molecule has 4 nitrogen and oxygen atoms in total. The topological polar surface area (TPSA) is 32.8 Å². The van der Waals surface area contributed by atoms with Gasteiger partial charge in [0, 0.05) is 25.2 Å². The quantitative estimate of drug-likeness (QED) is 0.715. The zero-order valence-electron chi connectivity index (χ0n) is 11.9. The number of esters is 1. The highest BCUT2D eigenvalue weighted by Gasteiger charge is 2.37. The van der Waals surface area contributed by atoms with E-state index in [2.05, 4.69) is 16.7 Å². The van der Waals surface area contributed by atoms with Gasteiger partial charge < -0.3 is 4.74 Å². The summed E-state index contributed by atoms with van der Waals surface area (Å²) in [6, 6.07) is 0.981. The number of carbonyl (C=O) groups is 1. The van der Waals surface area contributed by atoms with E-state index in [9.17, 15) is 4.79 Å². The van der Waals surface area contributed by atoms with E-state index >= 15 is 0 Å². The summed E-state index contributed by atoms with van der Waals surface area (Å²) in [4.78, 5) is 16.8. The van der Waals surface area contributed by atoms with Crippen LogP contribution in [-0.2, 0) is 9.53 Å². The molecule has 0 aliphatic carbocycles. The fourth-order valence-corrected chi connectivity index (χ4v) is 3.31. The van der Waals surface area contributed by atoms with Crippen molar-refractivity contribution in [3.63, 3.8) is 0 Å². The number of hydrogen-bond donors (Lipinski definition) is 0. The molecular formula is C14H26N2O2. The average molecular weight is 254 g/mol. The summed E-state index contributed by atoms with van der Waals surface area (Å²) in [7, 11) is 0. The van der Waals surface area contributed by atoms with Gasteiger partial charge in [-0.25, -0.2) is 0 Å². The van der Waals surface area contributed by atoms with Crippen LogP contribution in [0.3, 0.4) is 0 Å². The minimum absolute atomic E-state index is 0.0754. The predicted molar refractivity (Wildman–Crippen MR) is 71.5 cm³/mol. The SMILES string of the molecule is CCOC(=O)C(C)N1CC2CCCCN2CC1C. The largest absolute Gasteiger partial charge is 0.465 e. The molecule has 2 aliphatic heterocycles. The van der Waals surface area contributed by atoms with Crippen molar-refractivity contribution in [1.82, 2.24) is 9.80 Å². The van der Waals surface area contributed by atoms with Crippen LogP contribution in [-0.4, -0.2) is 60.1 Å². The number of rotatable bonds is 3. The van der Waals surface area contributed by atoms with Crippen molar-refractivity contribution in [1.29, 1.82) is 0 Å². The first-order valence-corrected chi connectivity index (χ1v) is 7.30. The second-order valence-corrected chi connectivity index (χ2v) is 5.62. The molecule has 0 aromatic heterocycles. The Morgan fingerprint density at radius 2 is 2.17 bits per heavy atom. The van der Waals surface area contributed by atoms with Crippen LogP contribution in [0, 0.1) is 0 Å². The third-order valence-electron chi connectivity index (χ3n) is 4.36. The fourth-order valence-electron chi connectivity index (χ4n) is 3.31. The molecule has 3 atom stereocenters. The lowest BCUT2D eigenvalue weighted by Crippen LogP contribution is -2.61. The minimum atomic E-state index is -0.107. The van der Waals surface area contributed by atoms with Crippen molar-refractivity contribution in [3.05, 3.63) is 0 Å². The lowest BCUT2D eigenvalue weighted by Gasteiger charge is -2.48. The van der Waals surface area contributed by atoms with Crippen LogP contribution in [0.15, 0.2) is 0 Å². The molecule has 0 spiro atoms. The van der Waals surface area contributed by atoms with Crippen molar-refractivity contribution in [2.24, 2.45) is 0 Å². The molecule has 4 heteroatoms. The molecule has 0 amide bonds. The van der Waals surface area contributed by atoms with Gasteiger partial charge in [-0.05, 0) is 40.2 Å². The lowest BCUT2D eigenvalue weighted by atomic mass is 9.96. The van der Waals surface area contributed by atoms with E-state index in [1.54, 1.807) is 0 Å². The van der Waals surface area contributed by atoms with E-state index in [0.29, 0.717) is 18.7 Å². The first-order valence-electron chi connectivity index (χ1n) is 7.30. The smallest absolute Gasteiger partial charge is 0.323 e. The van der Waals surface area contributed by atoms with Gasteiger partial charge in [0.15, 0.2) is 0 Å². The summed E-state index contributed by atoms with van der Waals surface area (Å²) < 4.78 is 5.15. The zero-order chi connectivity index (χ0) is 13.1. The van der Waals surface area contributed by atoms with E-state index in [-0.39, 0.29) is 12.0 Å². The van der Waals surface area contributed by atoms with Crippen LogP contribution < -0.4 is 0 Å². The van der Waals surface area contributed by atoms with E-state index in [0.717, 1.165) is 13.1 Å². The molecule has 2 saturated heterocycles. The standard InChI is InChI=1S/C14H26N2O2/c1-4-18-14(17)12(3)16-10-13-7-5-6-8-15(13)9-11(16)2/h11-13H,4-10H2,1-3H3. The second-order valence-electron chi connectivity index (χ2n) is 5.62. The molecule has 2 aliphatic rings. The van der Waals surface area contributed by atoms with E-state index < -0.39 is 0 Å². The molecule has 3 unspecified atom stereocenters. The maximum Gasteiger partial charge on any atom is 0.323 e. The molecular weight excluding hydrogens is 228 g/mol. The summed E-state index contributed by atoms with van der Waals surface area (Å²) in [5.74, 6) is -0.0754. The van der Waals surface area contributed by atoms with Gasteiger partial charge in [-0.15, -0.1) is 0 Å². The molecule has 0 aromatic rings. The van der Waals surface area contributed by atoms with Gasteiger partial charge in [0.05, 0.1) is 6.61 Å². The molecule has 18 heavy (non-hydrogen) atoms. The molecule has 2 heterocycles. The Bertz CT molecular complexity index is 296. The monoisotopic (exact) mass is 254 g/mol. The average Bonchev–Trinajstić information content (AvgIpc) is 2.37. The van der Waals surface area contributed by atoms with Crippen molar-refractivity contribution >= 4 is 5.97 Å². The van der Waals surface area contributed by atoms with Crippen molar-refractivity contribution in [3.8, 4) is 0 Å². The molecule has 0 aromatic carbocycles. The third-order valence-corrected chi connectivity index (χ3v) is 4.36. The normalized spacial score (nSPS) is 31.7. The Morgan fingerprint density at radius 3 is 2.89 bits per heavy atom. The van der Waals surface area contributed by atoms with Crippen molar-refractivity contribution < 1.29 is 9.53 Å². The van der Waals surface area contributed by atoms with Gasteiger partial charge in [0.1, 0.15) is 6.04 Å². The number of ether oxygens (including phenoxy) is 1. The Balaban J connectivity index is 1.97. The number of carbonyl (C=O) groups excluding carboxylic acids is 1. The predicted octanol–water partition coefficient (Wildman–Crippen LogP) is 1.50. The molecule has 0 saturated carbocycles. The van der Waals surface area contributed by atoms with E-state index in [1.165, 1.54) is 25.8 Å². The van der Waals surface area contributed by atoms with Gasteiger partial charge in [0.25, 0.3) is 0 Å². The van der Waals surface area contributed by atoms with Crippen LogP contribution in [0.2, 0.25) is 0 Å². The Morgan fingerprint density at radius 1 is 1.39 bits per heavy atom. The number of fused-ring (bicyclic) bond motifs is 1. The van der Waals surface area contributed by atoms with Crippen LogP contribution in [0.1, 0.15) is 40.0 Å². The van der Waals surface area contributed by atoms with Gasteiger partial charge in [-0.1, -0.05) is 6.42 Å². The molecule has 2 rings (SSSR count). The molecule has 0 N–H and O–H groups in total. The number of piperidine rings is 1. The van der Waals surface area contributed by atoms with Crippen LogP contribution >= 0.6 is 0 Å². The Hall–Kier alpha value is -0.610. The minimum Gasteiger partial charge on any atom is -0.465 e. The maximum atomic E-state index is 11.9. The first kappa shape index (κ1) is 13.8. The number of piperazine rings is 1. The summed E-state index contributed by atoms with van der Waals surface area (Å²) in [5.41, 5.74) is 0. The lowest BCUT2D eigenvalue weighted by molar-refractivity contribution is -0.151. The summed E-state index contributed by atoms with van der Waals surface area (Å²) >= 11 is 0. The van der Waals surface area contributed by atoms with Crippen LogP contribution in [0.4, 0.5) is 0 Å². The second kappa shape index (κ2) is 6.02. The van der Waals surface area contributed by atoms with Gasteiger partial charge in [-0.3, -0.25) is 14.6 Å². The molecule has 0 radical (unpaired) electrons. The fraction of sp³-hybridized carbons (Fsp3) is 0.929. The summed E-state index contributed by atoms with van der Waals surface area (Å²) in [6.07, 6.45) is 3.94. The molecule has 104 valence electrons. The van der Waals surface area contributed by atoms with E-state index in [4.69, 9.17) is 4.74 Å². The van der Waals surface area contributed by atoms with E-state index in [1.807, 2.05) is 13.8 Å². The Labute approximate surface area is 110 Å². The number of hydrogen-bond acceptors (Lipinski definition) is 4. The molecule has 2 fully saturated rings. The maximum absolute atomic E-state index is 11.9. The van der Waals surface area contributed by atoms with Gasteiger partial charge >= 0.3 is 5.97 Å². The Kier molecular flexibility index (Phi) is 4.62. The van der Waals surface area contributed by atoms with Crippen molar-refractivity contribution in [2.45, 2.75) is 58.2 Å². The highest BCUT2D eigenvalue weighted by molar-refractivity contribution is 5.75. The third kappa shape index (κ3) is 2.86. The van der Waals surface area contributed by atoms with Gasteiger partial charge in [-0.2, -0.15) is 0 Å². The van der Waals surface area contributed by atoms with Crippen molar-refractivity contribution in [2.75, 3.05) is 26.2 Å². The summed E-state index contributed by atoms with van der Waals surface area (Å²) in [5, 5.41) is 0. The zero-order valence-corrected chi connectivity index (χ0v) is 11.9. The van der Waals surface area contributed by atoms with Gasteiger partial charge in [0.2, 0.25) is 0 Å². The van der Waals surface area contributed by atoms with Crippen LogP contribution in [0.5, 0.6) is 0 Å².